The van der Waals surface area contributed by atoms with Crippen molar-refractivity contribution in [3.8, 4) is 0 Å². The van der Waals surface area contributed by atoms with Crippen LogP contribution < -0.4 is 0 Å². The minimum Gasteiger partial charge on any atom is -0.468 e. The molecule has 2 unspecified atom stereocenters. The highest BCUT2D eigenvalue weighted by atomic mass is 32.1. The highest BCUT2D eigenvalue weighted by Gasteiger charge is 2.67. The number of carbonyl (C=O) groups is 4. The molecule has 0 aliphatic rings. The van der Waals surface area contributed by atoms with Crippen LogP contribution in [-0.2, 0) is 38.1 Å². The van der Waals surface area contributed by atoms with Gasteiger partial charge in [0.05, 0.1) is 39.8 Å². The van der Waals surface area contributed by atoms with Gasteiger partial charge in [-0.15, -0.1) is 10.2 Å². The molecule has 0 radical (unpaired) electrons. The summed E-state index contributed by atoms with van der Waals surface area (Å²) in [5.41, 5.74) is -2.82. The van der Waals surface area contributed by atoms with E-state index in [1.807, 2.05) is 0 Å². The minimum atomic E-state index is -2.62. The first-order valence-corrected chi connectivity index (χ1v) is 9.43. The second-order valence-corrected chi connectivity index (χ2v) is 6.64. The molecule has 0 amide bonds. The molecule has 156 valence electrons. The van der Waals surface area contributed by atoms with Gasteiger partial charge in [0, 0.05) is 10.8 Å². The van der Waals surface area contributed by atoms with Crippen molar-refractivity contribution in [1.82, 2.24) is 19.2 Å². The van der Waals surface area contributed by atoms with Crippen LogP contribution in [0.5, 0.6) is 0 Å². The van der Waals surface area contributed by atoms with Crippen LogP contribution in [0.2, 0.25) is 0 Å². The normalized spacial score (nSPS) is 13.1. The van der Waals surface area contributed by atoms with Crippen molar-refractivity contribution in [2.24, 2.45) is 5.41 Å². The number of ether oxygens (including phenoxy) is 4. The van der Waals surface area contributed by atoms with E-state index in [4.69, 9.17) is 18.9 Å². The van der Waals surface area contributed by atoms with Crippen molar-refractivity contribution in [3.63, 3.8) is 0 Å². The van der Waals surface area contributed by atoms with E-state index in [0.29, 0.717) is 0 Å². The lowest BCUT2D eigenvalue weighted by Gasteiger charge is -2.36. The fourth-order valence-corrected chi connectivity index (χ4v) is 3.93. The highest BCUT2D eigenvalue weighted by molar-refractivity contribution is 7.03. The smallest absolute Gasteiger partial charge is 0.325 e. The maximum atomic E-state index is 13.1. The van der Waals surface area contributed by atoms with Crippen LogP contribution in [0.15, 0.2) is 10.8 Å². The second-order valence-electron chi connectivity index (χ2n) is 5.42. The molecule has 2 heterocycles. The van der Waals surface area contributed by atoms with Crippen molar-refractivity contribution >= 4 is 46.9 Å². The van der Waals surface area contributed by atoms with Gasteiger partial charge >= 0.3 is 23.9 Å². The summed E-state index contributed by atoms with van der Waals surface area (Å²) in [5, 5.41) is 10.3. The zero-order chi connectivity index (χ0) is 21.6. The number of hydrogen-bond acceptors (Lipinski definition) is 14. The number of nitrogens with zero attached hydrogens (tertiary/aromatic N) is 4. The Kier molecular flexibility index (Phi) is 7.28. The van der Waals surface area contributed by atoms with Gasteiger partial charge in [-0.05, 0) is 23.1 Å². The van der Waals surface area contributed by atoms with Crippen LogP contribution in [0.3, 0.4) is 0 Å². The molecule has 29 heavy (non-hydrogen) atoms. The van der Waals surface area contributed by atoms with Gasteiger partial charge in [-0.25, -0.2) is 0 Å². The van der Waals surface area contributed by atoms with Crippen LogP contribution in [0.1, 0.15) is 23.2 Å². The molecule has 0 bridgehead atoms. The van der Waals surface area contributed by atoms with Crippen molar-refractivity contribution in [3.05, 3.63) is 22.1 Å². The van der Waals surface area contributed by atoms with E-state index in [1.165, 1.54) is 10.8 Å². The Balaban J connectivity index is 2.96. The molecule has 12 nitrogen and oxygen atoms in total. The van der Waals surface area contributed by atoms with E-state index in [-0.39, 0.29) is 11.4 Å². The maximum Gasteiger partial charge on any atom is 0.325 e. The Morgan fingerprint density at radius 3 is 1.38 bits per heavy atom. The SMILES string of the molecule is COC(=O)C(c1csnn1)C(C(=O)OC)(C(=O)OC)C(C(=O)OC)c1csnn1. The van der Waals surface area contributed by atoms with Gasteiger partial charge in [0.2, 0.25) is 5.41 Å². The second kappa shape index (κ2) is 9.47. The Morgan fingerprint density at radius 2 is 1.14 bits per heavy atom. The quantitative estimate of drug-likeness (QED) is 0.304. The van der Waals surface area contributed by atoms with Crippen molar-refractivity contribution in [2.75, 3.05) is 28.4 Å². The summed E-state index contributed by atoms with van der Waals surface area (Å²) in [6, 6.07) is 0. The molecule has 0 fully saturated rings. The first-order chi connectivity index (χ1) is 13.9. The molecule has 0 aliphatic carbocycles. The Bertz CT molecular complexity index is 799. The van der Waals surface area contributed by atoms with Crippen LogP contribution in [0.4, 0.5) is 0 Å². The summed E-state index contributed by atoms with van der Waals surface area (Å²) in [4.78, 5) is 51.8. The van der Waals surface area contributed by atoms with Gasteiger partial charge in [0.15, 0.2) is 0 Å². The number of rotatable bonds is 8. The maximum absolute atomic E-state index is 13.1. The number of hydrogen-bond donors (Lipinski definition) is 0. The van der Waals surface area contributed by atoms with Crippen molar-refractivity contribution in [1.29, 1.82) is 0 Å². The Hall–Kier alpha value is -3.00. The van der Waals surface area contributed by atoms with Crippen LogP contribution >= 0.6 is 23.1 Å². The summed E-state index contributed by atoms with van der Waals surface area (Å²) in [5.74, 6) is -8.11. The number of aromatic nitrogens is 4. The predicted molar refractivity (Wildman–Crippen MR) is 95.8 cm³/mol. The lowest BCUT2D eigenvalue weighted by Crippen LogP contribution is -2.55. The van der Waals surface area contributed by atoms with E-state index in [0.717, 1.165) is 51.5 Å². The molecule has 0 saturated heterocycles. The molecule has 2 aromatic rings. The first kappa shape index (κ1) is 22.3. The van der Waals surface area contributed by atoms with Gasteiger partial charge in [0.25, 0.3) is 0 Å². The predicted octanol–water partition coefficient (Wildman–Crippen LogP) is -0.0646. The third kappa shape index (κ3) is 3.80. The van der Waals surface area contributed by atoms with Gasteiger partial charge in [-0.2, -0.15) is 0 Å². The zero-order valence-corrected chi connectivity index (χ0v) is 17.3. The molecule has 2 rings (SSSR count). The lowest BCUT2D eigenvalue weighted by molar-refractivity contribution is -0.183. The van der Waals surface area contributed by atoms with E-state index >= 15 is 0 Å². The summed E-state index contributed by atoms with van der Waals surface area (Å²) in [6.07, 6.45) is 0. The van der Waals surface area contributed by atoms with Gasteiger partial charge in [-0.1, -0.05) is 8.98 Å². The molecule has 0 aliphatic heterocycles. The third-order valence-electron chi connectivity index (χ3n) is 4.18. The molecular formula is C15H16N4O8S2. The molecule has 0 saturated carbocycles. The molecule has 2 atom stereocenters. The minimum absolute atomic E-state index is 0.102. The van der Waals surface area contributed by atoms with Gasteiger partial charge in [-0.3, -0.25) is 19.2 Å². The van der Waals surface area contributed by atoms with Crippen LogP contribution in [0.25, 0.3) is 0 Å². The molecular weight excluding hydrogens is 428 g/mol. The Morgan fingerprint density at radius 1 is 0.759 bits per heavy atom. The van der Waals surface area contributed by atoms with E-state index in [9.17, 15) is 19.2 Å². The number of esters is 4. The monoisotopic (exact) mass is 444 g/mol. The standard InChI is InChI=1S/C15H16N4O8S2/c1-24-11(20)9(7-5-28-18-16-7)15(13(22)26-3,14(23)27-4)10(12(21)25-2)8-6-29-19-17-8/h5-6,9-10H,1-4H3. The Labute approximate surface area is 172 Å². The van der Waals surface area contributed by atoms with Crippen molar-refractivity contribution in [2.45, 2.75) is 11.8 Å². The molecule has 14 heteroatoms. The highest BCUT2D eigenvalue weighted by Crippen LogP contribution is 2.50. The van der Waals surface area contributed by atoms with Crippen LogP contribution in [0, 0.1) is 5.41 Å². The molecule has 2 aromatic heterocycles. The largest absolute Gasteiger partial charge is 0.468 e. The molecule has 0 spiro atoms. The topological polar surface area (TPSA) is 157 Å². The summed E-state index contributed by atoms with van der Waals surface area (Å²) < 4.78 is 26.6. The summed E-state index contributed by atoms with van der Waals surface area (Å²) in [7, 11) is 4.07. The van der Waals surface area contributed by atoms with Gasteiger partial charge in [0.1, 0.15) is 11.8 Å². The van der Waals surface area contributed by atoms with Gasteiger partial charge < -0.3 is 18.9 Å². The van der Waals surface area contributed by atoms with Crippen LogP contribution in [-0.4, -0.2) is 71.5 Å². The molecule has 0 N–H and O–H groups in total. The van der Waals surface area contributed by atoms with E-state index in [2.05, 4.69) is 19.2 Å². The average molecular weight is 444 g/mol. The number of carbonyl (C=O) groups excluding carboxylic acids is 4. The fourth-order valence-electron chi connectivity index (χ4n) is 2.97. The first-order valence-electron chi connectivity index (χ1n) is 7.76. The van der Waals surface area contributed by atoms with Crippen molar-refractivity contribution < 1.29 is 38.1 Å². The fraction of sp³-hybridized carbons (Fsp3) is 0.467. The van der Waals surface area contributed by atoms with E-state index in [1.54, 1.807) is 0 Å². The van der Waals surface area contributed by atoms with E-state index < -0.39 is 41.1 Å². The molecule has 0 aromatic carbocycles. The third-order valence-corrected chi connectivity index (χ3v) is 5.22. The summed E-state index contributed by atoms with van der Waals surface area (Å²) in [6.45, 7) is 0. The summed E-state index contributed by atoms with van der Waals surface area (Å²) >= 11 is 1.72. The lowest BCUT2D eigenvalue weighted by atomic mass is 9.64. The zero-order valence-electron chi connectivity index (χ0n) is 15.7. The number of methoxy groups -OCH3 is 4. The average Bonchev–Trinajstić information content (AvgIpc) is 3.45.